The molecule has 2 heterocycles. The molecule has 0 saturated carbocycles. The standard InChI is InChI=1S/C16H16FN3O/c1-2-15(13-5-7-18-10-14(13)17)19-20-8-6-11-9-12(21)3-4-16(11)20/h3-10,15,19,21H,2H2,1H3. The maximum absolute atomic E-state index is 13.9. The average Bonchev–Trinajstić information content (AvgIpc) is 2.87. The van der Waals surface area contributed by atoms with Crippen LogP contribution >= 0.6 is 0 Å². The van der Waals surface area contributed by atoms with Gasteiger partial charge in [-0.2, -0.15) is 0 Å². The van der Waals surface area contributed by atoms with Crippen molar-refractivity contribution in [1.82, 2.24) is 9.66 Å². The Morgan fingerprint density at radius 3 is 2.95 bits per heavy atom. The van der Waals surface area contributed by atoms with Crippen molar-refractivity contribution in [2.45, 2.75) is 19.4 Å². The molecule has 0 aliphatic rings. The highest BCUT2D eigenvalue weighted by Crippen LogP contribution is 2.24. The van der Waals surface area contributed by atoms with E-state index in [-0.39, 0.29) is 17.6 Å². The van der Waals surface area contributed by atoms with Gasteiger partial charge in [0.15, 0.2) is 0 Å². The van der Waals surface area contributed by atoms with Gasteiger partial charge in [-0.05, 0) is 36.8 Å². The molecule has 1 atom stereocenters. The number of hydrogen-bond donors (Lipinski definition) is 2. The fourth-order valence-corrected chi connectivity index (χ4v) is 2.46. The van der Waals surface area contributed by atoms with Crippen LogP contribution in [-0.4, -0.2) is 14.8 Å². The lowest BCUT2D eigenvalue weighted by atomic mass is 10.1. The molecule has 0 radical (unpaired) electrons. The molecule has 2 aromatic heterocycles. The van der Waals surface area contributed by atoms with E-state index in [1.807, 2.05) is 29.9 Å². The third kappa shape index (κ3) is 2.54. The summed E-state index contributed by atoms with van der Waals surface area (Å²) in [5.41, 5.74) is 4.82. The molecule has 4 nitrogen and oxygen atoms in total. The molecule has 21 heavy (non-hydrogen) atoms. The van der Waals surface area contributed by atoms with Gasteiger partial charge < -0.3 is 10.5 Å². The zero-order valence-corrected chi connectivity index (χ0v) is 11.6. The van der Waals surface area contributed by atoms with Crippen LogP contribution in [0.3, 0.4) is 0 Å². The average molecular weight is 285 g/mol. The third-order valence-corrected chi connectivity index (χ3v) is 3.56. The first-order valence-corrected chi connectivity index (χ1v) is 6.85. The maximum Gasteiger partial charge on any atom is 0.146 e. The molecule has 3 aromatic rings. The van der Waals surface area contributed by atoms with Crippen LogP contribution in [0.4, 0.5) is 4.39 Å². The lowest BCUT2D eigenvalue weighted by Gasteiger charge is -2.20. The van der Waals surface area contributed by atoms with E-state index in [4.69, 9.17) is 0 Å². The van der Waals surface area contributed by atoms with Crippen LogP contribution in [0.5, 0.6) is 5.75 Å². The maximum atomic E-state index is 13.9. The smallest absolute Gasteiger partial charge is 0.146 e. The number of phenolic OH excluding ortho intramolecular Hbond substituents is 1. The molecular formula is C16H16FN3O. The molecule has 5 heteroatoms. The van der Waals surface area contributed by atoms with Gasteiger partial charge in [0, 0.05) is 23.3 Å². The highest BCUT2D eigenvalue weighted by Gasteiger charge is 2.14. The molecule has 0 aliphatic heterocycles. The fourth-order valence-electron chi connectivity index (χ4n) is 2.46. The second-order valence-electron chi connectivity index (χ2n) is 4.92. The molecule has 0 spiro atoms. The molecule has 0 fully saturated rings. The molecule has 0 saturated heterocycles. The van der Waals surface area contributed by atoms with Gasteiger partial charge in [0.1, 0.15) is 11.6 Å². The van der Waals surface area contributed by atoms with Crippen molar-refractivity contribution >= 4 is 10.9 Å². The monoisotopic (exact) mass is 285 g/mol. The van der Waals surface area contributed by atoms with Crippen LogP contribution in [0, 0.1) is 5.82 Å². The third-order valence-electron chi connectivity index (χ3n) is 3.56. The first-order valence-electron chi connectivity index (χ1n) is 6.85. The SMILES string of the molecule is CCC(Nn1ccc2cc(O)ccc21)c1ccncc1F. The Labute approximate surface area is 121 Å². The van der Waals surface area contributed by atoms with E-state index >= 15 is 0 Å². The Morgan fingerprint density at radius 1 is 1.33 bits per heavy atom. The van der Waals surface area contributed by atoms with Crippen LogP contribution in [-0.2, 0) is 0 Å². The predicted octanol–water partition coefficient (Wildman–Crippen LogP) is 3.58. The largest absolute Gasteiger partial charge is 0.508 e. The second kappa shape index (κ2) is 5.44. The summed E-state index contributed by atoms with van der Waals surface area (Å²) in [6, 6.07) is 8.59. The Morgan fingerprint density at radius 2 is 2.19 bits per heavy atom. The Bertz CT molecular complexity index is 769. The summed E-state index contributed by atoms with van der Waals surface area (Å²) >= 11 is 0. The first-order chi connectivity index (χ1) is 10.2. The van der Waals surface area contributed by atoms with Crippen molar-refractivity contribution in [3.8, 4) is 5.75 Å². The second-order valence-corrected chi connectivity index (χ2v) is 4.92. The molecule has 1 unspecified atom stereocenters. The predicted molar refractivity (Wildman–Crippen MR) is 80.2 cm³/mol. The number of nitrogens with one attached hydrogen (secondary N) is 1. The molecule has 108 valence electrons. The van der Waals surface area contributed by atoms with Gasteiger partial charge in [0.25, 0.3) is 0 Å². The summed E-state index contributed by atoms with van der Waals surface area (Å²) in [7, 11) is 0. The lowest BCUT2D eigenvalue weighted by Crippen LogP contribution is -2.20. The van der Waals surface area contributed by atoms with E-state index in [9.17, 15) is 9.50 Å². The summed E-state index contributed by atoms with van der Waals surface area (Å²) in [6.45, 7) is 2.00. The molecule has 0 amide bonds. The van der Waals surface area contributed by atoms with Crippen LogP contribution in [0.15, 0.2) is 48.9 Å². The van der Waals surface area contributed by atoms with Crippen molar-refractivity contribution in [2.24, 2.45) is 0 Å². The van der Waals surface area contributed by atoms with Crippen LogP contribution in [0.2, 0.25) is 0 Å². The molecule has 3 rings (SSSR count). The minimum Gasteiger partial charge on any atom is -0.508 e. The Kier molecular flexibility index (Phi) is 3.48. The van der Waals surface area contributed by atoms with Gasteiger partial charge >= 0.3 is 0 Å². The molecular weight excluding hydrogens is 269 g/mol. The number of aromatic nitrogens is 2. The molecule has 0 bridgehead atoms. The zero-order chi connectivity index (χ0) is 14.8. The highest BCUT2D eigenvalue weighted by molar-refractivity contribution is 5.81. The van der Waals surface area contributed by atoms with Crippen LogP contribution in [0.25, 0.3) is 10.9 Å². The minimum atomic E-state index is -0.314. The van der Waals surface area contributed by atoms with E-state index < -0.39 is 0 Å². The van der Waals surface area contributed by atoms with Gasteiger partial charge in [0.2, 0.25) is 0 Å². The van der Waals surface area contributed by atoms with E-state index in [0.29, 0.717) is 5.56 Å². The van der Waals surface area contributed by atoms with Gasteiger partial charge in [-0.15, -0.1) is 0 Å². The van der Waals surface area contributed by atoms with E-state index in [0.717, 1.165) is 17.3 Å². The Hall–Kier alpha value is -2.56. The molecule has 0 aliphatic carbocycles. The number of fused-ring (bicyclic) bond motifs is 1. The number of aromatic hydroxyl groups is 1. The highest BCUT2D eigenvalue weighted by atomic mass is 19.1. The van der Waals surface area contributed by atoms with Gasteiger partial charge in [-0.1, -0.05) is 6.92 Å². The first kappa shape index (κ1) is 13.4. The summed E-state index contributed by atoms with van der Waals surface area (Å²) in [5, 5.41) is 10.4. The number of pyridine rings is 1. The quantitative estimate of drug-likeness (QED) is 0.770. The van der Waals surface area contributed by atoms with Crippen molar-refractivity contribution in [2.75, 3.05) is 5.43 Å². The normalized spacial score (nSPS) is 12.5. The number of nitrogens with zero attached hydrogens (tertiary/aromatic N) is 2. The van der Waals surface area contributed by atoms with Gasteiger partial charge in [-0.25, -0.2) is 4.39 Å². The number of rotatable bonds is 4. The van der Waals surface area contributed by atoms with Gasteiger partial charge in [-0.3, -0.25) is 9.66 Å². The summed E-state index contributed by atoms with van der Waals surface area (Å²) < 4.78 is 15.7. The van der Waals surface area contributed by atoms with E-state index in [2.05, 4.69) is 10.4 Å². The minimum absolute atomic E-state index is 0.155. The van der Waals surface area contributed by atoms with Crippen LogP contribution < -0.4 is 5.43 Å². The number of benzene rings is 1. The lowest BCUT2D eigenvalue weighted by molar-refractivity contribution is 0.476. The number of phenols is 1. The van der Waals surface area contributed by atoms with Crippen LogP contribution in [0.1, 0.15) is 24.9 Å². The summed E-state index contributed by atoms with van der Waals surface area (Å²) in [6.07, 6.45) is 5.42. The summed E-state index contributed by atoms with van der Waals surface area (Å²) in [4.78, 5) is 3.78. The molecule has 2 N–H and O–H groups in total. The van der Waals surface area contributed by atoms with Crippen molar-refractivity contribution in [3.63, 3.8) is 0 Å². The topological polar surface area (TPSA) is 50.1 Å². The number of hydrogen-bond acceptors (Lipinski definition) is 3. The van der Waals surface area contributed by atoms with E-state index in [1.54, 1.807) is 24.4 Å². The summed E-state index contributed by atoms with van der Waals surface area (Å²) in [5.74, 6) is -0.0848. The van der Waals surface area contributed by atoms with Gasteiger partial charge in [0.05, 0.1) is 17.8 Å². The number of halogens is 1. The fraction of sp³-hybridized carbons (Fsp3) is 0.188. The van der Waals surface area contributed by atoms with Crippen molar-refractivity contribution < 1.29 is 9.50 Å². The van der Waals surface area contributed by atoms with Crippen molar-refractivity contribution in [1.29, 1.82) is 0 Å². The Balaban J connectivity index is 1.95. The van der Waals surface area contributed by atoms with Crippen molar-refractivity contribution in [3.05, 3.63) is 60.3 Å². The van der Waals surface area contributed by atoms with E-state index in [1.165, 1.54) is 6.20 Å². The zero-order valence-electron chi connectivity index (χ0n) is 11.6. The molecule has 1 aromatic carbocycles.